The summed E-state index contributed by atoms with van der Waals surface area (Å²) in [4.78, 5) is 0. The molecule has 5 heteroatoms. The van der Waals surface area contributed by atoms with Crippen molar-refractivity contribution >= 4 is 24.0 Å². The monoisotopic (exact) mass is 253 g/mol. The van der Waals surface area contributed by atoms with Crippen LogP contribution in [-0.2, 0) is 0 Å². The molecular formula is C10H14Cl2FNO. The maximum atomic E-state index is 13.3. The van der Waals surface area contributed by atoms with Crippen molar-refractivity contribution in [1.29, 1.82) is 0 Å². The van der Waals surface area contributed by atoms with Crippen LogP contribution in [0, 0.1) is 5.82 Å². The lowest BCUT2D eigenvalue weighted by molar-refractivity contribution is 0.279. The summed E-state index contributed by atoms with van der Waals surface area (Å²) in [6, 6.07) is 4.04. The molecule has 0 radical (unpaired) electrons. The lowest BCUT2D eigenvalue weighted by Crippen LogP contribution is -2.13. The van der Waals surface area contributed by atoms with Gasteiger partial charge in [-0.2, -0.15) is 0 Å². The van der Waals surface area contributed by atoms with Crippen molar-refractivity contribution in [3.63, 3.8) is 0 Å². The van der Waals surface area contributed by atoms with Gasteiger partial charge in [-0.15, -0.1) is 12.4 Å². The highest BCUT2D eigenvalue weighted by molar-refractivity contribution is 6.31. The molecule has 2 nitrogen and oxygen atoms in total. The Bertz CT molecular complexity index is 289. The largest absolute Gasteiger partial charge is 0.396 e. The maximum absolute atomic E-state index is 13.3. The van der Waals surface area contributed by atoms with Gasteiger partial charge in [-0.25, -0.2) is 4.39 Å². The minimum absolute atomic E-state index is 0. The van der Waals surface area contributed by atoms with Gasteiger partial charge in [-0.05, 0) is 25.0 Å². The second kappa shape index (κ2) is 7.01. The second-order valence-electron chi connectivity index (χ2n) is 3.11. The number of hydrogen-bond acceptors (Lipinski definition) is 2. The van der Waals surface area contributed by atoms with Gasteiger partial charge in [0, 0.05) is 23.2 Å². The van der Waals surface area contributed by atoms with E-state index in [0.717, 1.165) is 0 Å². The molecule has 0 heterocycles. The summed E-state index contributed by atoms with van der Waals surface area (Å²) in [5, 5.41) is 8.96. The van der Waals surface area contributed by atoms with Gasteiger partial charge in [-0.1, -0.05) is 17.7 Å². The van der Waals surface area contributed by atoms with E-state index >= 15 is 0 Å². The zero-order valence-corrected chi connectivity index (χ0v) is 9.69. The van der Waals surface area contributed by atoms with E-state index in [1.54, 1.807) is 12.1 Å². The Morgan fingerprint density at radius 3 is 2.67 bits per heavy atom. The van der Waals surface area contributed by atoms with Gasteiger partial charge in [0.1, 0.15) is 5.82 Å². The van der Waals surface area contributed by atoms with Crippen molar-refractivity contribution in [1.82, 2.24) is 0 Å². The van der Waals surface area contributed by atoms with Gasteiger partial charge >= 0.3 is 0 Å². The summed E-state index contributed by atoms with van der Waals surface area (Å²) < 4.78 is 13.3. The molecule has 0 bridgehead atoms. The fourth-order valence-electron chi connectivity index (χ4n) is 1.32. The van der Waals surface area contributed by atoms with Gasteiger partial charge in [0.15, 0.2) is 0 Å². The summed E-state index contributed by atoms with van der Waals surface area (Å²) in [7, 11) is 0. The number of rotatable bonds is 4. The highest BCUT2D eigenvalue weighted by Gasteiger charge is 2.14. The van der Waals surface area contributed by atoms with E-state index < -0.39 is 6.04 Å². The van der Waals surface area contributed by atoms with Crippen LogP contribution in [0.1, 0.15) is 24.4 Å². The average Bonchev–Trinajstić information content (AvgIpc) is 2.14. The van der Waals surface area contributed by atoms with Crippen molar-refractivity contribution in [3.8, 4) is 0 Å². The van der Waals surface area contributed by atoms with Crippen LogP contribution < -0.4 is 5.73 Å². The van der Waals surface area contributed by atoms with Crippen LogP contribution in [0.4, 0.5) is 4.39 Å². The summed E-state index contributed by atoms with van der Waals surface area (Å²) in [5.41, 5.74) is 6.08. The van der Waals surface area contributed by atoms with E-state index in [-0.39, 0.29) is 24.8 Å². The van der Waals surface area contributed by atoms with Crippen LogP contribution in [0.3, 0.4) is 0 Å². The minimum Gasteiger partial charge on any atom is -0.396 e. The fraction of sp³-hybridized carbons (Fsp3) is 0.400. The normalized spacial score (nSPS) is 12.0. The molecule has 1 atom stereocenters. The topological polar surface area (TPSA) is 46.2 Å². The smallest absolute Gasteiger partial charge is 0.129 e. The minimum atomic E-state index is -0.448. The van der Waals surface area contributed by atoms with Crippen molar-refractivity contribution in [2.75, 3.05) is 6.61 Å². The van der Waals surface area contributed by atoms with E-state index in [0.29, 0.717) is 23.4 Å². The van der Waals surface area contributed by atoms with Crippen LogP contribution in [0.25, 0.3) is 0 Å². The quantitative estimate of drug-likeness (QED) is 0.867. The van der Waals surface area contributed by atoms with E-state index in [1.165, 1.54) is 6.07 Å². The molecular weight excluding hydrogens is 240 g/mol. The molecule has 0 amide bonds. The standard InChI is InChI=1S/C10H13ClFNO.ClH/c11-7-3-1-4-8(12)10(7)9(13)5-2-6-14;/h1,3-4,9,14H,2,5-6,13H2;1H/t9-;/m1./s1. The highest BCUT2D eigenvalue weighted by atomic mass is 35.5. The first kappa shape index (κ1) is 14.6. The van der Waals surface area contributed by atoms with Crippen molar-refractivity contribution in [2.24, 2.45) is 5.73 Å². The molecule has 0 saturated carbocycles. The third-order valence-electron chi connectivity index (χ3n) is 2.04. The number of nitrogens with two attached hydrogens (primary N) is 1. The van der Waals surface area contributed by atoms with Crippen LogP contribution >= 0.6 is 24.0 Å². The SMILES string of the molecule is Cl.N[C@H](CCCO)c1c(F)cccc1Cl. The average molecular weight is 254 g/mol. The summed E-state index contributed by atoms with van der Waals surface area (Å²) in [6.07, 6.45) is 1.07. The van der Waals surface area contributed by atoms with Crippen molar-refractivity contribution in [2.45, 2.75) is 18.9 Å². The Labute approximate surface area is 99.6 Å². The number of hydrogen-bond donors (Lipinski definition) is 2. The Hall–Kier alpha value is -0.350. The van der Waals surface area contributed by atoms with E-state index in [1.807, 2.05) is 0 Å². The molecule has 0 aliphatic carbocycles. The Kier molecular flexibility index (Phi) is 6.85. The molecule has 0 aliphatic rings. The summed E-state index contributed by atoms with van der Waals surface area (Å²) in [5.74, 6) is -0.386. The molecule has 0 unspecified atom stereocenters. The Morgan fingerprint density at radius 1 is 1.47 bits per heavy atom. The molecule has 0 spiro atoms. The first-order chi connectivity index (χ1) is 6.66. The summed E-state index contributed by atoms with van der Waals surface area (Å²) in [6.45, 7) is 0.0553. The number of aliphatic hydroxyl groups excluding tert-OH is 1. The fourth-order valence-corrected chi connectivity index (χ4v) is 1.62. The van der Waals surface area contributed by atoms with E-state index in [4.69, 9.17) is 22.4 Å². The molecule has 1 aromatic rings. The Morgan fingerprint density at radius 2 is 2.13 bits per heavy atom. The van der Waals surface area contributed by atoms with Gasteiger partial charge in [0.2, 0.25) is 0 Å². The van der Waals surface area contributed by atoms with Crippen molar-refractivity contribution in [3.05, 3.63) is 34.6 Å². The lowest BCUT2D eigenvalue weighted by atomic mass is 10.0. The number of benzene rings is 1. The maximum Gasteiger partial charge on any atom is 0.129 e. The molecule has 1 aromatic carbocycles. The Balaban J connectivity index is 0.00000196. The van der Waals surface area contributed by atoms with Crippen LogP contribution in [0.2, 0.25) is 5.02 Å². The van der Waals surface area contributed by atoms with Gasteiger partial charge in [0.05, 0.1) is 0 Å². The van der Waals surface area contributed by atoms with Crippen molar-refractivity contribution < 1.29 is 9.50 Å². The van der Waals surface area contributed by atoms with Gasteiger partial charge in [0.25, 0.3) is 0 Å². The molecule has 0 aromatic heterocycles. The van der Waals surface area contributed by atoms with Crippen LogP contribution in [-0.4, -0.2) is 11.7 Å². The molecule has 1 rings (SSSR count). The number of aliphatic hydroxyl groups is 1. The van der Waals surface area contributed by atoms with Crippen LogP contribution in [0.5, 0.6) is 0 Å². The molecule has 0 saturated heterocycles. The first-order valence-electron chi connectivity index (χ1n) is 4.47. The zero-order valence-electron chi connectivity index (χ0n) is 8.12. The third kappa shape index (κ3) is 3.95. The molecule has 0 aliphatic heterocycles. The zero-order chi connectivity index (χ0) is 10.6. The van der Waals surface area contributed by atoms with E-state index in [2.05, 4.69) is 0 Å². The van der Waals surface area contributed by atoms with Crippen LogP contribution in [0.15, 0.2) is 18.2 Å². The molecule has 3 N–H and O–H groups in total. The number of halogens is 3. The molecule has 86 valence electrons. The first-order valence-corrected chi connectivity index (χ1v) is 4.85. The van der Waals surface area contributed by atoms with E-state index in [9.17, 15) is 4.39 Å². The highest BCUT2D eigenvalue weighted by Crippen LogP contribution is 2.26. The summed E-state index contributed by atoms with van der Waals surface area (Å²) >= 11 is 5.82. The lowest BCUT2D eigenvalue weighted by Gasteiger charge is -2.13. The second-order valence-corrected chi connectivity index (χ2v) is 3.51. The third-order valence-corrected chi connectivity index (χ3v) is 2.37. The van der Waals surface area contributed by atoms with Gasteiger partial charge < -0.3 is 10.8 Å². The predicted molar refractivity (Wildman–Crippen MR) is 61.9 cm³/mol. The predicted octanol–water partition coefficient (Wildman–Crippen LogP) is 2.67. The molecule has 15 heavy (non-hydrogen) atoms. The van der Waals surface area contributed by atoms with Gasteiger partial charge in [-0.3, -0.25) is 0 Å². The molecule has 0 fully saturated rings.